The summed E-state index contributed by atoms with van der Waals surface area (Å²) in [6.07, 6.45) is 3.86. The van der Waals surface area contributed by atoms with Crippen LogP contribution in [0.1, 0.15) is 50.3 Å². The maximum absolute atomic E-state index is 2.69. The van der Waals surface area contributed by atoms with Crippen molar-refractivity contribution in [3.05, 3.63) is 35.4 Å². The topological polar surface area (TPSA) is 9.72 Å². The summed E-state index contributed by atoms with van der Waals surface area (Å²) in [6, 6.07) is 9.68. The number of piperazine rings is 1. The molecule has 3 nitrogen and oxygen atoms in total. The molecule has 0 bridgehead atoms. The number of hydrogen-bond acceptors (Lipinski definition) is 3. The zero-order valence-electron chi connectivity index (χ0n) is 15.0. The van der Waals surface area contributed by atoms with Gasteiger partial charge in [0.2, 0.25) is 0 Å². The maximum Gasteiger partial charge on any atom is 0.0482 e. The van der Waals surface area contributed by atoms with Crippen LogP contribution in [0.4, 0.5) is 0 Å². The number of nitrogens with zero attached hydrogens (tertiary/aromatic N) is 3. The summed E-state index contributed by atoms with van der Waals surface area (Å²) in [5, 5.41) is 0. The molecule has 1 unspecified atom stereocenters. The molecule has 1 fully saturated rings. The maximum atomic E-state index is 2.69. The number of fused-ring (bicyclic) bond motifs is 3. The Hall–Kier alpha value is -0.900. The van der Waals surface area contributed by atoms with Crippen LogP contribution >= 0.6 is 0 Å². The Balaban J connectivity index is 1.48. The van der Waals surface area contributed by atoms with Crippen LogP contribution in [0.25, 0.3) is 0 Å². The Morgan fingerprint density at radius 3 is 2.61 bits per heavy atom. The highest BCUT2D eigenvalue weighted by Gasteiger charge is 2.34. The molecule has 2 aliphatic rings. The molecule has 0 aliphatic carbocycles. The fraction of sp³-hybridized carbons (Fsp3) is 0.700. The van der Waals surface area contributed by atoms with Crippen LogP contribution < -0.4 is 0 Å². The SMILES string of the molecule is CCCN(CCC)CCCN1CCN2Cc3ccccc3C2C1. The van der Waals surface area contributed by atoms with E-state index in [1.165, 1.54) is 65.1 Å². The van der Waals surface area contributed by atoms with Crippen molar-refractivity contribution in [2.24, 2.45) is 0 Å². The molecule has 3 rings (SSSR count). The molecule has 0 N–H and O–H groups in total. The van der Waals surface area contributed by atoms with Crippen molar-refractivity contribution in [1.29, 1.82) is 0 Å². The van der Waals surface area contributed by atoms with Gasteiger partial charge in [0.05, 0.1) is 0 Å². The second kappa shape index (κ2) is 8.27. The molecule has 0 amide bonds. The minimum absolute atomic E-state index is 0.641. The van der Waals surface area contributed by atoms with Crippen molar-refractivity contribution in [2.45, 2.75) is 45.7 Å². The Kier molecular flexibility index (Phi) is 6.09. The number of hydrogen-bond donors (Lipinski definition) is 0. The molecule has 0 radical (unpaired) electrons. The summed E-state index contributed by atoms with van der Waals surface area (Å²) >= 11 is 0. The smallest absolute Gasteiger partial charge is 0.0482 e. The highest BCUT2D eigenvalue weighted by molar-refractivity contribution is 5.34. The molecule has 23 heavy (non-hydrogen) atoms. The van der Waals surface area contributed by atoms with Gasteiger partial charge in [-0.15, -0.1) is 0 Å². The first-order chi connectivity index (χ1) is 11.3. The molecular formula is C20H33N3. The molecule has 2 heterocycles. The number of rotatable bonds is 8. The van der Waals surface area contributed by atoms with Crippen LogP contribution in [-0.4, -0.2) is 60.5 Å². The molecule has 0 saturated carbocycles. The van der Waals surface area contributed by atoms with Crippen molar-refractivity contribution in [3.8, 4) is 0 Å². The van der Waals surface area contributed by atoms with E-state index in [0.29, 0.717) is 6.04 Å². The summed E-state index contributed by atoms with van der Waals surface area (Å²) in [7, 11) is 0. The van der Waals surface area contributed by atoms with Crippen LogP contribution in [-0.2, 0) is 6.54 Å². The van der Waals surface area contributed by atoms with Crippen LogP contribution in [0.5, 0.6) is 0 Å². The van der Waals surface area contributed by atoms with Gasteiger partial charge in [-0.2, -0.15) is 0 Å². The molecule has 3 heteroatoms. The third-order valence-electron chi connectivity index (χ3n) is 5.39. The van der Waals surface area contributed by atoms with Crippen LogP contribution in [0.2, 0.25) is 0 Å². The van der Waals surface area contributed by atoms with Crippen molar-refractivity contribution in [3.63, 3.8) is 0 Å². The van der Waals surface area contributed by atoms with Gasteiger partial charge in [0.15, 0.2) is 0 Å². The van der Waals surface area contributed by atoms with Gasteiger partial charge in [-0.25, -0.2) is 0 Å². The van der Waals surface area contributed by atoms with Gasteiger partial charge in [0, 0.05) is 32.2 Å². The minimum atomic E-state index is 0.641. The monoisotopic (exact) mass is 315 g/mol. The second-order valence-corrected chi connectivity index (χ2v) is 7.18. The predicted octanol–water partition coefficient (Wildman–Crippen LogP) is 3.37. The van der Waals surface area contributed by atoms with Crippen molar-refractivity contribution < 1.29 is 0 Å². The molecule has 1 aromatic rings. The summed E-state index contributed by atoms with van der Waals surface area (Å²) in [5.74, 6) is 0. The van der Waals surface area contributed by atoms with E-state index in [9.17, 15) is 0 Å². The van der Waals surface area contributed by atoms with Crippen LogP contribution in [0.3, 0.4) is 0 Å². The van der Waals surface area contributed by atoms with Crippen LogP contribution in [0, 0.1) is 0 Å². The fourth-order valence-electron chi connectivity index (χ4n) is 4.27. The Morgan fingerprint density at radius 2 is 1.83 bits per heavy atom. The third kappa shape index (κ3) is 4.14. The quantitative estimate of drug-likeness (QED) is 0.728. The lowest BCUT2D eigenvalue weighted by molar-refractivity contribution is 0.0801. The van der Waals surface area contributed by atoms with Gasteiger partial charge in [0.1, 0.15) is 0 Å². The summed E-state index contributed by atoms with van der Waals surface area (Å²) in [6.45, 7) is 14.5. The first-order valence-electron chi connectivity index (χ1n) is 9.58. The van der Waals surface area contributed by atoms with Gasteiger partial charge < -0.3 is 9.80 Å². The standard InChI is InChI=1S/C20H33N3/c1-3-10-21(11-4-2)12-7-13-22-14-15-23-16-18-8-5-6-9-19(18)20(23)17-22/h5-6,8-9,20H,3-4,7,10-17H2,1-2H3. The van der Waals surface area contributed by atoms with E-state index < -0.39 is 0 Å². The largest absolute Gasteiger partial charge is 0.303 e. The molecule has 128 valence electrons. The van der Waals surface area contributed by atoms with E-state index in [4.69, 9.17) is 0 Å². The normalized spacial score (nSPS) is 21.6. The van der Waals surface area contributed by atoms with E-state index >= 15 is 0 Å². The lowest BCUT2D eigenvalue weighted by atomic mass is 10.0. The molecule has 2 aliphatic heterocycles. The average Bonchev–Trinajstić information content (AvgIpc) is 2.93. The van der Waals surface area contributed by atoms with Crippen molar-refractivity contribution >= 4 is 0 Å². The summed E-state index contributed by atoms with van der Waals surface area (Å²) < 4.78 is 0. The molecule has 0 spiro atoms. The number of benzene rings is 1. The zero-order chi connectivity index (χ0) is 16.1. The van der Waals surface area contributed by atoms with Crippen molar-refractivity contribution in [1.82, 2.24) is 14.7 Å². The van der Waals surface area contributed by atoms with E-state index in [1.807, 2.05) is 0 Å². The molecule has 1 saturated heterocycles. The first kappa shape index (κ1) is 16.9. The summed E-state index contributed by atoms with van der Waals surface area (Å²) in [5.41, 5.74) is 3.13. The van der Waals surface area contributed by atoms with E-state index in [-0.39, 0.29) is 0 Å². The third-order valence-corrected chi connectivity index (χ3v) is 5.39. The lowest BCUT2D eigenvalue weighted by Gasteiger charge is -2.38. The average molecular weight is 316 g/mol. The minimum Gasteiger partial charge on any atom is -0.303 e. The second-order valence-electron chi connectivity index (χ2n) is 7.18. The Bertz CT molecular complexity index is 482. The fourth-order valence-corrected chi connectivity index (χ4v) is 4.27. The predicted molar refractivity (Wildman–Crippen MR) is 97.7 cm³/mol. The zero-order valence-corrected chi connectivity index (χ0v) is 15.0. The lowest BCUT2D eigenvalue weighted by Crippen LogP contribution is -2.46. The van der Waals surface area contributed by atoms with E-state index in [0.717, 1.165) is 6.54 Å². The summed E-state index contributed by atoms with van der Waals surface area (Å²) in [4.78, 5) is 8.00. The van der Waals surface area contributed by atoms with Gasteiger partial charge in [-0.3, -0.25) is 4.90 Å². The molecular weight excluding hydrogens is 282 g/mol. The molecule has 1 aromatic carbocycles. The highest BCUT2D eigenvalue weighted by Crippen LogP contribution is 2.35. The Morgan fingerprint density at radius 1 is 1.04 bits per heavy atom. The molecule has 1 atom stereocenters. The van der Waals surface area contributed by atoms with Gasteiger partial charge in [-0.05, 0) is 56.6 Å². The molecule has 0 aromatic heterocycles. The van der Waals surface area contributed by atoms with E-state index in [2.05, 4.69) is 52.8 Å². The Labute approximate surface area is 142 Å². The van der Waals surface area contributed by atoms with Gasteiger partial charge in [-0.1, -0.05) is 38.1 Å². The van der Waals surface area contributed by atoms with E-state index in [1.54, 1.807) is 11.1 Å². The van der Waals surface area contributed by atoms with Crippen molar-refractivity contribution in [2.75, 3.05) is 45.8 Å². The van der Waals surface area contributed by atoms with Gasteiger partial charge in [0.25, 0.3) is 0 Å². The van der Waals surface area contributed by atoms with Crippen LogP contribution in [0.15, 0.2) is 24.3 Å². The highest BCUT2D eigenvalue weighted by atomic mass is 15.3. The van der Waals surface area contributed by atoms with Gasteiger partial charge >= 0.3 is 0 Å². The first-order valence-corrected chi connectivity index (χ1v) is 9.58.